The Morgan fingerprint density at radius 2 is 2.09 bits per heavy atom. The molecule has 4 N–H and O–H groups in total. The molecule has 4 atom stereocenters. The molecule has 1 amide bonds. The smallest absolute Gasteiger partial charge is 0.226 e. The third-order valence-electron chi connectivity index (χ3n) is 7.35. The van der Waals surface area contributed by atoms with Gasteiger partial charge in [-0.05, 0) is 69.3 Å². The monoisotopic (exact) mass is 482 g/mol. The second kappa shape index (κ2) is 9.03. The van der Waals surface area contributed by atoms with Crippen molar-refractivity contribution in [2.24, 2.45) is 11.8 Å². The van der Waals surface area contributed by atoms with E-state index in [1.54, 1.807) is 22.7 Å². The number of rotatable bonds is 6. The van der Waals surface area contributed by atoms with Crippen molar-refractivity contribution in [1.29, 1.82) is 0 Å². The number of thiazole rings is 1. The maximum absolute atomic E-state index is 12.9. The van der Waals surface area contributed by atoms with Crippen molar-refractivity contribution in [1.82, 2.24) is 25.9 Å². The third-order valence-corrected chi connectivity index (χ3v) is 9.74. The first-order chi connectivity index (χ1) is 16.2. The molecule has 0 spiro atoms. The van der Waals surface area contributed by atoms with E-state index in [9.17, 15) is 4.79 Å². The summed E-state index contributed by atoms with van der Waals surface area (Å²) in [5.74, 6) is 1.71. The van der Waals surface area contributed by atoms with Crippen LogP contribution in [-0.4, -0.2) is 48.1 Å². The Labute approximate surface area is 201 Å². The van der Waals surface area contributed by atoms with Gasteiger partial charge in [-0.2, -0.15) is 0 Å². The Hall–Kier alpha value is -1.91. The van der Waals surface area contributed by atoms with Crippen molar-refractivity contribution in [3.05, 3.63) is 28.9 Å². The largest absolute Gasteiger partial charge is 0.317 e. The molecule has 1 saturated heterocycles. The van der Waals surface area contributed by atoms with Crippen LogP contribution in [0.4, 0.5) is 5.00 Å². The molecule has 0 aromatic carbocycles. The Kier molecular flexibility index (Phi) is 5.92. The normalized spacial score (nSPS) is 26.5. The topological polar surface area (TPSA) is 91.0 Å². The fraction of sp³-hybridized carbons (Fsp3) is 0.542. The van der Waals surface area contributed by atoms with Crippen LogP contribution in [0.25, 0.3) is 20.8 Å². The minimum atomic E-state index is 0.0746. The number of amides is 1. The van der Waals surface area contributed by atoms with E-state index in [4.69, 9.17) is 4.98 Å². The van der Waals surface area contributed by atoms with Crippen molar-refractivity contribution in [3.63, 3.8) is 0 Å². The van der Waals surface area contributed by atoms with Crippen molar-refractivity contribution in [2.75, 3.05) is 31.5 Å². The summed E-state index contributed by atoms with van der Waals surface area (Å²) in [4.78, 5) is 23.3. The number of nitrogens with zero attached hydrogens (tertiary/aromatic N) is 2. The number of fused-ring (bicyclic) bond motifs is 3. The minimum absolute atomic E-state index is 0.0746. The average Bonchev–Trinajstić information content (AvgIpc) is 3.55. The van der Waals surface area contributed by atoms with E-state index < -0.39 is 0 Å². The molecule has 2 fully saturated rings. The van der Waals surface area contributed by atoms with Gasteiger partial charge in [0.15, 0.2) is 0 Å². The van der Waals surface area contributed by atoms with Gasteiger partial charge in [-0.3, -0.25) is 9.78 Å². The van der Waals surface area contributed by atoms with Gasteiger partial charge in [0.05, 0.1) is 10.9 Å². The van der Waals surface area contributed by atoms with Crippen LogP contribution in [0, 0.1) is 11.8 Å². The zero-order valence-electron chi connectivity index (χ0n) is 18.8. The highest BCUT2D eigenvalue weighted by molar-refractivity contribution is 7.23. The molecule has 3 aromatic rings. The van der Waals surface area contributed by atoms with E-state index in [0.29, 0.717) is 12.5 Å². The third kappa shape index (κ3) is 4.21. The van der Waals surface area contributed by atoms with Gasteiger partial charge in [0, 0.05) is 41.7 Å². The molecular weight excluding hydrogens is 452 g/mol. The highest BCUT2D eigenvalue weighted by atomic mass is 32.1. The van der Waals surface area contributed by atoms with Gasteiger partial charge in [0.25, 0.3) is 0 Å². The summed E-state index contributed by atoms with van der Waals surface area (Å²) in [6.45, 7) is 6.19. The maximum Gasteiger partial charge on any atom is 0.226 e. The Bertz CT molecular complexity index is 1130. The van der Waals surface area contributed by atoms with Crippen LogP contribution >= 0.6 is 22.7 Å². The van der Waals surface area contributed by atoms with Crippen LogP contribution < -0.4 is 21.3 Å². The van der Waals surface area contributed by atoms with Gasteiger partial charge in [-0.15, -0.1) is 22.7 Å². The number of hydrogen-bond acceptors (Lipinski definition) is 8. The Morgan fingerprint density at radius 3 is 2.91 bits per heavy atom. The lowest BCUT2D eigenvalue weighted by molar-refractivity contribution is -0.116. The number of aromatic nitrogens is 2. The SMILES string of the molecule is C[C@@H]1NCCc2c1sc(NC(=O)CCN[C@@H]1C[C@H]3CNC[C@H]3C1)c2-c1nc2cnccc2s1. The molecule has 1 aliphatic carbocycles. The fourth-order valence-electron chi connectivity index (χ4n) is 5.70. The van der Waals surface area contributed by atoms with Gasteiger partial charge in [0.1, 0.15) is 15.5 Å². The zero-order valence-corrected chi connectivity index (χ0v) is 20.5. The van der Waals surface area contributed by atoms with E-state index in [-0.39, 0.29) is 11.9 Å². The summed E-state index contributed by atoms with van der Waals surface area (Å²) in [6.07, 6.45) is 7.54. The Morgan fingerprint density at radius 1 is 1.24 bits per heavy atom. The van der Waals surface area contributed by atoms with Crippen molar-refractivity contribution >= 4 is 43.8 Å². The van der Waals surface area contributed by atoms with Crippen LogP contribution in [0.2, 0.25) is 0 Å². The predicted molar refractivity (Wildman–Crippen MR) is 135 cm³/mol. The fourth-order valence-corrected chi connectivity index (χ4v) is 8.07. The summed E-state index contributed by atoms with van der Waals surface area (Å²) in [5, 5.41) is 15.8. The summed E-state index contributed by atoms with van der Waals surface area (Å²) in [6, 6.07) is 2.86. The van der Waals surface area contributed by atoms with Crippen molar-refractivity contribution < 1.29 is 4.79 Å². The van der Waals surface area contributed by atoms with Crippen LogP contribution in [0.15, 0.2) is 18.5 Å². The molecule has 6 rings (SSSR count). The summed E-state index contributed by atoms with van der Waals surface area (Å²) in [7, 11) is 0. The Balaban J connectivity index is 1.18. The second-order valence-corrected chi connectivity index (χ2v) is 11.6. The highest BCUT2D eigenvalue weighted by Crippen LogP contribution is 2.46. The van der Waals surface area contributed by atoms with Gasteiger partial charge in [-0.1, -0.05) is 0 Å². The summed E-state index contributed by atoms with van der Waals surface area (Å²) >= 11 is 3.38. The van der Waals surface area contributed by atoms with E-state index in [0.717, 1.165) is 70.2 Å². The number of anilines is 1. The quantitative estimate of drug-likeness (QED) is 0.430. The van der Waals surface area contributed by atoms with E-state index in [2.05, 4.69) is 33.2 Å². The lowest BCUT2D eigenvalue weighted by atomic mass is 10.0. The standard InChI is InChI=1S/C24H30N6OS2/c1-13-22-17(2-6-27-13)21(23-29-18-12-25-5-3-19(18)32-23)24(33-22)30-20(31)4-7-28-16-8-14-10-26-11-15(14)9-16/h3,5,12-16,26-28H,2,4,6-11H2,1H3,(H,30,31)/t13-,14-,15+,16+/m0/s1. The van der Waals surface area contributed by atoms with Crippen molar-refractivity contribution in [3.8, 4) is 10.6 Å². The van der Waals surface area contributed by atoms with Gasteiger partial charge in [0.2, 0.25) is 5.91 Å². The summed E-state index contributed by atoms with van der Waals surface area (Å²) in [5.41, 5.74) is 3.36. The van der Waals surface area contributed by atoms with Crippen LogP contribution in [0.3, 0.4) is 0 Å². The number of carbonyl (C=O) groups is 1. The number of pyridine rings is 1. The molecule has 174 valence electrons. The molecular formula is C24H30N6OS2. The highest BCUT2D eigenvalue weighted by Gasteiger charge is 2.37. The number of thiophene rings is 1. The molecule has 9 heteroatoms. The molecule has 1 saturated carbocycles. The predicted octanol–water partition coefficient (Wildman–Crippen LogP) is 3.54. The number of nitrogens with one attached hydrogen (secondary N) is 4. The van der Waals surface area contributed by atoms with Crippen molar-refractivity contribution in [2.45, 2.75) is 44.7 Å². The first-order valence-corrected chi connectivity index (χ1v) is 13.6. The molecule has 2 aliphatic heterocycles. The van der Waals surface area contributed by atoms with Crippen LogP contribution in [-0.2, 0) is 11.2 Å². The van der Waals surface area contributed by atoms with Gasteiger partial charge < -0.3 is 21.3 Å². The van der Waals surface area contributed by atoms with E-state index in [1.807, 2.05) is 18.5 Å². The van der Waals surface area contributed by atoms with Crippen LogP contribution in [0.1, 0.15) is 42.7 Å². The first kappa shape index (κ1) is 21.6. The number of hydrogen-bond donors (Lipinski definition) is 4. The number of carbonyl (C=O) groups excluding carboxylic acids is 1. The van der Waals surface area contributed by atoms with Gasteiger partial charge >= 0.3 is 0 Å². The molecule has 0 bridgehead atoms. The van der Waals surface area contributed by atoms with Crippen LogP contribution in [0.5, 0.6) is 0 Å². The first-order valence-electron chi connectivity index (χ1n) is 12.0. The molecule has 0 radical (unpaired) electrons. The van der Waals surface area contributed by atoms with E-state index >= 15 is 0 Å². The maximum atomic E-state index is 12.9. The molecule has 7 nitrogen and oxygen atoms in total. The van der Waals surface area contributed by atoms with E-state index in [1.165, 1.54) is 23.3 Å². The second-order valence-electron chi connectivity index (χ2n) is 9.54. The molecule has 0 unspecified atom stereocenters. The molecule has 3 aliphatic rings. The zero-order chi connectivity index (χ0) is 22.4. The summed E-state index contributed by atoms with van der Waals surface area (Å²) < 4.78 is 1.12. The van der Waals surface area contributed by atoms with Gasteiger partial charge in [-0.25, -0.2) is 4.98 Å². The lowest BCUT2D eigenvalue weighted by Crippen LogP contribution is -2.31. The minimum Gasteiger partial charge on any atom is -0.317 e. The lowest BCUT2D eigenvalue weighted by Gasteiger charge is -2.20. The molecule has 33 heavy (non-hydrogen) atoms. The average molecular weight is 483 g/mol. The molecule has 3 aromatic heterocycles. The molecule has 5 heterocycles.